The van der Waals surface area contributed by atoms with Crippen molar-refractivity contribution in [3.05, 3.63) is 0 Å². The first kappa shape index (κ1) is 7.41. The van der Waals surface area contributed by atoms with Crippen LogP contribution in [0.4, 0.5) is 0 Å². The lowest BCUT2D eigenvalue weighted by molar-refractivity contribution is 0.903. The second kappa shape index (κ2) is 3.42. The average Bonchev–Trinajstić information content (AvgIpc) is 1.65. The van der Waals surface area contributed by atoms with E-state index in [0.717, 1.165) is 11.1 Å². The molecule has 0 aliphatic heterocycles. The zero-order valence-corrected chi connectivity index (χ0v) is 6.38. The Bertz CT molecular complexity index is 45.3. The lowest BCUT2D eigenvalue weighted by Crippen LogP contribution is -2.01. The van der Waals surface area contributed by atoms with Gasteiger partial charge in [0.15, 0.2) is 0 Å². The van der Waals surface area contributed by atoms with Gasteiger partial charge in [0.05, 0.1) is 0 Å². The summed E-state index contributed by atoms with van der Waals surface area (Å²) >= 11 is 1.93. The molecule has 0 saturated carbocycles. The van der Waals surface area contributed by atoms with E-state index < -0.39 is 0 Å². The Morgan fingerprint density at radius 3 is 1.86 bits per heavy atom. The van der Waals surface area contributed by atoms with Crippen LogP contribution in [0.25, 0.3) is 0 Å². The molecule has 7 heavy (non-hydrogen) atoms. The highest BCUT2D eigenvalue weighted by Crippen LogP contribution is 2.16. The van der Waals surface area contributed by atoms with Crippen LogP contribution in [0.3, 0.4) is 0 Å². The fourth-order valence-electron chi connectivity index (χ4n) is 0.272. The highest BCUT2D eigenvalue weighted by Gasteiger charge is 2.02. The number of hydrogen-bond acceptors (Lipinski definition) is 1. The molecule has 0 amide bonds. The van der Waals surface area contributed by atoms with Crippen molar-refractivity contribution < 1.29 is 0 Å². The molecule has 2 unspecified atom stereocenters. The van der Waals surface area contributed by atoms with Gasteiger partial charge in [-0.25, -0.2) is 0 Å². The first-order valence-electron chi connectivity index (χ1n) is 2.71. The molecule has 0 fully saturated rings. The van der Waals surface area contributed by atoms with E-state index in [1.54, 1.807) is 0 Å². The van der Waals surface area contributed by atoms with Crippen molar-refractivity contribution in [2.75, 3.05) is 6.26 Å². The minimum atomic E-state index is 0.819. The Labute approximate surface area is 51.5 Å². The van der Waals surface area contributed by atoms with Gasteiger partial charge in [0, 0.05) is 0 Å². The minimum absolute atomic E-state index is 0.819. The number of thioether (sulfide) groups is 1. The molecule has 0 aliphatic carbocycles. The summed E-state index contributed by atoms with van der Waals surface area (Å²) in [5, 5.41) is 0.819. The van der Waals surface area contributed by atoms with E-state index in [-0.39, 0.29) is 0 Å². The van der Waals surface area contributed by atoms with Gasteiger partial charge < -0.3 is 0 Å². The van der Waals surface area contributed by atoms with Crippen molar-refractivity contribution in [3.63, 3.8) is 0 Å². The van der Waals surface area contributed by atoms with Crippen LogP contribution in [-0.2, 0) is 0 Å². The largest absolute Gasteiger partial charge is 0.163 e. The van der Waals surface area contributed by atoms with Crippen LogP contribution in [0.15, 0.2) is 0 Å². The topological polar surface area (TPSA) is 0 Å². The fraction of sp³-hybridized carbons (Fsp3) is 1.00. The highest BCUT2D eigenvalue weighted by atomic mass is 32.2. The van der Waals surface area contributed by atoms with Crippen LogP contribution >= 0.6 is 11.8 Å². The van der Waals surface area contributed by atoms with Crippen molar-refractivity contribution in [2.45, 2.75) is 24.9 Å². The lowest BCUT2D eigenvalue weighted by Gasteiger charge is -2.10. The molecule has 0 aromatic rings. The van der Waals surface area contributed by atoms with Crippen molar-refractivity contribution in [2.24, 2.45) is 0 Å². The smallest absolute Gasteiger partial charge is 0.106 e. The van der Waals surface area contributed by atoms with E-state index in [0.29, 0.717) is 0 Å². The van der Waals surface area contributed by atoms with Gasteiger partial charge in [-0.05, 0) is 11.5 Å². The second-order valence-corrected chi connectivity index (χ2v) is 3.40. The SMILES string of the molecule is BC(C)C(C)SC. The summed E-state index contributed by atoms with van der Waals surface area (Å²) in [5.74, 6) is 0.829. The van der Waals surface area contributed by atoms with Crippen LogP contribution in [0, 0.1) is 0 Å². The van der Waals surface area contributed by atoms with E-state index in [1.807, 2.05) is 11.8 Å². The second-order valence-electron chi connectivity index (χ2n) is 2.18. The van der Waals surface area contributed by atoms with E-state index in [1.165, 1.54) is 0 Å². The summed E-state index contributed by atoms with van der Waals surface area (Å²) in [7, 11) is 2.25. The molecule has 0 nitrogen and oxygen atoms in total. The van der Waals surface area contributed by atoms with E-state index >= 15 is 0 Å². The van der Waals surface area contributed by atoms with E-state index in [4.69, 9.17) is 0 Å². The number of rotatable bonds is 2. The normalized spacial score (nSPS) is 18.7. The third-order valence-electron chi connectivity index (χ3n) is 1.31. The van der Waals surface area contributed by atoms with Gasteiger partial charge in [-0.2, -0.15) is 11.8 Å². The third-order valence-corrected chi connectivity index (χ3v) is 2.60. The molecule has 2 heteroatoms. The molecule has 0 heterocycles. The Balaban J connectivity index is 3.14. The summed E-state index contributed by atoms with van der Waals surface area (Å²) in [4.78, 5) is 0. The van der Waals surface area contributed by atoms with Crippen molar-refractivity contribution in [3.8, 4) is 0 Å². The van der Waals surface area contributed by atoms with Gasteiger partial charge in [0.1, 0.15) is 7.85 Å². The average molecular weight is 116 g/mol. The van der Waals surface area contributed by atoms with Gasteiger partial charge in [-0.3, -0.25) is 0 Å². The first-order chi connectivity index (χ1) is 3.18. The molecule has 2 atom stereocenters. The van der Waals surface area contributed by atoms with Gasteiger partial charge in [-0.1, -0.05) is 19.7 Å². The molecule has 0 spiro atoms. The van der Waals surface area contributed by atoms with Gasteiger partial charge in [0.25, 0.3) is 0 Å². The summed E-state index contributed by atoms with van der Waals surface area (Å²) in [6.45, 7) is 4.51. The van der Waals surface area contributed by atoms with Crippen molar-refractivity contribution in [1.29, 1.82) is 0 Å². The van der Waals surface area contributed by atoms with Crippen LogP contribution in [-0.4, -0.2) is 19.4 Å². The Hall–Kier alpha value is 0.415. The fourth-order valence-corrected chi connectivity index (χ4v) is 0.816. The van der Waals surface area contributed by atoms with Crippen LogP contribution in [0.2, 0.25) is 5.82 Å². The summed E-state index contributed by atoms with van der Waals surface area (Å²) in [5.41, 5.74) is 0. The lowest BCUT2D eigenvalue weighted by atomic mass is 9.87. The maximum absolute atomic E-state index is 2.26. The Kier molecular flexibility index (Phi) is 3.62. The molecule has 0 bridgehead atoms. The molecular weight excluding hydrogens is 103 g/mol. The third kappa shape index (κ3) is 3.04. The standard InChI is InChI=1S/C5H13BS/c1-4(6)5(2)7-3/h4-5H,6H2,1-3H3. The molecule has 0 aromatic carbocycles. The quantitative estimate of drug-likeness (QED) is 0.488. The van der Waals surface area contributed by atoms with Gasteiger partial charge >= 0.3 is 0 Å². The summed E-state index contributed by atoms with van der Waals surface area (Å²) in [6, 6.07) is 0. The molecule has 0 aromatic heterocycles. The molecule has 0 aliphatic rings. The molecule has 0 rings (SSSR count). The van der Waals surface area contributed by atoms with E-state index in [9.17, 15) is 0 Å². The maximum atomic E-state index is 2.26. The van der Waals surface area contributed by atoms with E-state index in [2.05, 4.69) is 27.9 Å². The molecule has 0 N–H and O–H groups in total. The predicted octanol–water partition coefficient (Wildman–Crippen LogP) is 1.18. The zero-order chi connectivity index (χ0) is 5.86. The minimum Gasteiger partial charge on any atom is -0.163 e. The van der Waals surface area contributed by atoms with Crippen LogP contribution < -0.4 is 0 Å². The van der Waals surface area contributed by atoms with Crippen molar-refractivity contribution >= 4 is 19.6 Å². The van der Waals surface area contributed by atoms with Crippen molar-refractivity contribution in [1.82, 2.24) is 0 Å². The number of hydrogen-bond donors (Lipinski definition) is 0. The Morgan fingerprint density at radius 1 is 1.43 bits per heavy atom. The molecule has 0 saturated heterocycles. The monoisotopic (exact) mass is 116 g/mol. The van der Waals surface area contributed by atoms with Crippen LogP contribution in [0.1, 0.15) is 13.8 Å². The predicted molar refractivity (Wildman–Crippen MR) is 40.9 cm³/mol. The van der Waals surface area contributed by atoms with Crippen LogP contribution in [0.5, 0.6) is 0 Å². The maximum Gasteiger partial charge on any atom is 0.106 e. The summed E-state index contributed by atoms with van der Waals surface area (Å²) < 4.78 is 0. The van der Waals surface area contributed by atoms with Gasteiger partial charge in [0.2, 0.25) is 0 Å². The molecule has 42 valence electrons. The molecular formula is C5H13BS. The van der Waals surface area contributed by atoms with Gasteiger partial charge in [-0.15, -0.1) is 0 Å². The zero-order valence-electron chi connectivity index (χ0n) is 5.56. The first-order valence-corrected chi connectivity index (χ1v) is 4.00. The Morgan fingerprint density at radius 2 is 1.86 bits per heavy atom. The summed E-state index contributed by atoms with van der Waals surface area (Å²) in [6.07, 6.45) is 2.16. The molecule has 0 radical (unpaired) electrons. The highest BCUT2D eigenvalue weighted by molar-refractivity contribution is 7.99.